The predicted octanol–water partition coefficient (Wildman–Crippen LogP) is 1.84. The van der Waals surface area contributed by atoms with Crippen LogP contribution in [0.5, 0.6) is 0 Å². The van der Waals surface area contributed by atoms with Crippen molar-refractivity contribution in [2.45, 2.75) is 24.7 Å². The van der Waals surface area contributed by atoms with Crippen molar-refractivity contribution >= 4 is 16.0 Å². The Bertz CT molecular complexity index is 646. The third kappa shape index (κ3) is 3.06. The van der Waals surface area contributed by atoms with Crippen molar-refractivity contribution in [3.05, 3.63) is 29.8 Å². The minimum absolute atomic E-state index is 0.00324. The van der Waals surface area contributed by atoms with Crippen LogP contribution in [0.15, 0.2) is 23.1 Å². The molecule has 116 valence electrons. The lowest BCUT2D eigenvalue weighted by Crippen LogP contribution is -2.45. The SMILES string of the molecule is CC1(C(=O)O)CCN(S(=O)(=O)c2cc(F)cc(F)c2)CC1. The van der Waals surface area contributed by atoms with E-state index in [0.29, 0.717) is 6.07 Å². The van der Waals surface area contributed by atoms with Crippen molar-refractivity contribution < 1.29 is 27.1 Å². The number of sulfonamides is 1. The summed E-state index contributed by atoms with van der Waals surface area (Å²) in [4.78, 5) is 10.7. The molecule has 0 radical (unpaired) electrons. The molecule has 1 N–H and O–H groups in total. The fraction of sp³-hybridized carbons (Fsp3) is 0.462. The van der Waals surface area contributed by atoms with Gasteiger partial charge in [0.2, 0.25) is 10.0 Å². The van der Waals surface area contributed by atoms with E-state index in [4.69, 9.17) is 5.11 Å². The summed E-state index contributed by atoms with van der Waals surface area (Å²) in [5, 5.41) is 9.11. The van der Waals surface area contributed by atoms with E-state index in [1.165, 1.54) is 0 Å². The van der Waals surface area contributed by atoms with Crippen molar-refractivity contribution in [1.29, 1.82) is 0 Å². The lowest BCUT2D eigenvalue weighted by atomic mass is 9.81. The Kier molecular flexibility index (Phi) is 4.03. The molecule has 0 unspecified atom stereocenters. The Morgan fingerprint density at radius 2 is 1.67 bits per heavy atom. The van der Waals surface area contributed by atoms with Crippen molar-refractivity contribution in [2.24, 2.45) is 5.41 Å². The van der Waals surface area contributed by atoms with Gasteiger partial charge in [0.1, 0.15) is 11.6 Å². The maximum Gasteiger partial charge on any atom is 0.309 e. The molecule has 8 heteroatoms. The Morgan fingerprint density at radius 3 is 2.10 bits per heavy atom. The van der Waals surface area contributed by atoms with Crippen LogP contribution in [0.4, 0.5) is 8.78 Å². The molecule has 1 aliphatic heterocycles. The second kappa shape index (κ2) is 5.34. The van der Waals surface area contributed by atoms with E-state index < -0.39 is 37.9 Å². The summed E-state index contributed by atoms with van der Waals surface area (Å²) < 4.78 is 52.0. The monoisotopic (exact) mass is 319 g/mol. The van der Waals surface area contributed by atoms with E-state index in [0.717, 1.165) is 16.4 Å². The number of halogens is 2. The van der Waals surface area contributed by atoms with Gasteiger partial charge in [-0.15, -0.1) is 0 Å². The number of piperidine rings is 1. The molecule has 0 aliphatic carbocycles. The lowest BCUT2D eigenvalue weighted by Gasteiger charge is -2.35. The smallest absolute Gasteiger partial charge is 0.309 e. The van der Waals surface area contributed by atoms with Crippen molar-refractivity contribution in [2.75, 3.05) is 13.1 Å². The van der Waals surface area contributed by atoms with Crippen LogP contribution in [0.25, 0.3) is 0 Å². The highest BCUT2D eigenvalue weighted by molar-refractivity contribution is 7.89. The molecular weight excluding hydrogens is 304 g/mol. The van der Waals surface area contributed by atoms with Crippen LogP contribution in [-0.2, 0) is 14.8 Å². The van der Waals surface area contributed by atoms with Gasteiger partial charge in [0.15, 0.2) is 0 Å². The topological polar surface area (TPSA) is 74.7 Å². The van der Waals surface area contributed by atoms with Crippen LogP contribution in [0, 0.1) is 17.0 Å². The van der Waals surface area contributed by atoms with E-state index in [9.17, 15) is 22.0 Å². The van der Waals surface area contributed by atoms with Gasteiger partial charge in [-0.2, -0.15) is 4.31 Å². The number of aliphatic carboxylic acids is 1. The first-order valence-electron chi connectivity index (χ1n) is 6.35. The largest absolute Gasteiger partial charge is 0.481 e. The number of hydrogen-bond acceptors (Lipinski definition) is 3. The third-order valence-electron chi connectivity index (χ3n) is 3.82. The Balaban J connectivity index is 2.24. The zero-order valence-electron chi connectivity index (χ0n) is 11.3. The Morgan fingerprint density at radius 1 is 1.19 bits per heavy atom. The molecule has 0 aromatic heterocycles. The summed E-state index contributed by atoms with van der Waals surface area (Å²) in [6, 6.07) is 2.10. The molecule has 0 spiro atoms. The van der Waals surface area contributed by atoms with E-state index in [-0.39, 0.29) is 25.9 Å². The third-order valence-corrected chi connectivity index (χ3v) is 5.69. The van der Waals surface area contributed by atoms with Gasteiger partial charge in [0.05, 0.1) is 10.3 Å². The maximum absolute atomic E-state index is 13.2. The van der Waals surface area contributed by atoms with Gasteiger partial charge >= 0.3 is 5.97 Å². The van der Waals surface area contributed by atoms with E-state index in [2.05, 4.69) is 0 Å². The predicted molar refractivity (Wildman–Crippen MR) is 70.1 cm³/mol. The highest BCUT2D eigenvalue weighted by Crippen LogP contribution is 2.33. The van der Waals surface area contributed by atoms with Crippen molar-refractivity contribution in [1.82, 2.24) is 4.31 Å². The van der Waals surface area contributed by atoms with Gasteiger partial charge in [-0.05, 0) is 31.9 Å². The molecule has 5 nitrogen and oxygen atoms in total. The van der Waals surface area contributed by atoms with Gasteiger partial charge in [-0.1, -0.05) is 0 Å². The van der Waals surface area contributed by atoms with E-state index in [1.807, 2.05) is 0 Å². The summed E-state index contributed by atoms with van der Waals surface area (Å²) in [5.74, 6) is -2.92. The number of hydrogen-bond donors (Lipinski definition) is 1. The van der Waals surface area contributed by atoms with E-state index in [1.54, 1.807) is 6.92 Å². The fourth-order valence-electron chi connectivity index (χ4n) is 2.26. The summed E-state index contributed by atoms with van der Waals surface area (Å²) in [6.45, 7) is 1.56. The fourth-order valence-corrected chi connectivity index (χ4v) is 3.74. The zero-order chi connectivity index (χ0) is 15.8. The molecule has 0 saturated carbocycles. The summed E-state index contributed by atoms with van der Waals surface area (Å²) in [7, 11) is -4.02. The zero-order valence-corrected chi connectivity index (χ0v) is 12.2. The van der Waals surface area contributed by atoms with Crippen LogP contribution in [0.1, 0.15) is 19.8 Å². The minimum atomic E-state index is -4.02. The summed E-state index contributed by atoms with van der Waals surface area (Å²) in [6.07, 6.45) is 0.304. The molecule has 1 aliphatic rings. The highest BCUT2D eigenvalue weighted by atomic mass is 32.2. The first-order valence-corrected chi connectivity index (χ1v) is 7.79. The summed E-state index contributed by atoms with van der Waals surface area (Å²) in [5.41, 5.74) is -0.973. The summed E-state index contributed by atoms with van der Waals surface area (Å²) >= 11 is 0. The number of carboxylic acid groups (broad SMARTS) is 1. The molecule has 1 aromatic carbocycles. The highest BCUT2D eigenvalue weighted by Gasteiger charge is 2.40. The molecule has 21 heavy (non-hydrogen) atoms. The Hall–Kier alpha value is -1.54. The molecule has 1 heterocycles. The number of carbonyl (C=O) groups is 1. The van der Waals surface area contributed by atoms with Gasteiger partial charge in [-0.25, -0.2) is 17.2 Å². The molecule has 1 fully saturated rings. The van der Waals surface area contributed by atoms with Crippen LogP contribution in [0.3, 0.4) is 0 Å². The number of benzene rings is 1. The van der Waals surface area contributed by atoms with E-state index >= 15 is 0 Å². The molecule has 0 atom stereocenters. The molecule has 0 bridgehead atoms. The molecular formula is C13H15F2NO4S. The van der Waals surface area contributed by atoms with Crippen LogP contribution >= 0.6 is 0 Å². The van der Waals surface area contributed by atoms with Gasteiger partial charge in [0.25, 0.3) is 0 Å². The molecule has 0 amide bonds. The van der Waals surface area contributed by atoms with Gasteiger partial charge in [-0.3, -0.25) is 4.79 Å². The standard InChI is InChI=1S/C13H15F2NO4S/c1-13(12(17)18)2-4-16(5-3-13)21(19,20)11-7-9(14)6-10(15)8-11/h6-8H,2-5H2,1H3,(H,17,18). The second-order valence-electron chi connectivity index (χ2n) is 5.38. The Labute approximate surface area is 121 Å². The lowest BCUT2D eigenvalue weighted by molar-refractivity contribution is -0.150. The van der Waals surface area contributed by atoms with Crippen LogP contribution in [-0.4, -0.2) is 36.9 Å². The van der Waals surface area contributed by atoms with Crippen LogP contribution in [0.2, 0.25) is 0 Å². The first-order chi connectivity index (χ1) is 9.65. The van der Waals surface area contributed by atoms with Crippen molar-refractivity contribution in [3.8, 4) is 0 Å². The quantitative estimate of drug-likeness (QED) is 0.922. The average molecular weight is 319 g/mol. The van der Waals surface area contributed by atoms with Crippen molar-refractivity contribution in [3.63, 3.8) is 0 Å². The molecule has 1 aromatic rings. The van der Waals surface area contributed by atoms with Gasteiger partial charge < -0.3 is 5.11 Å². The molecule has 1 saturated heterocycles. The van der Waals surface area contributed by atoms with Crippen LogP contribution < -0.4 is 0 Å². The number of rotatable bonds is 3. The number of carboxylic acids is 1. The number of nitrogens with zero attached hydrogens (tertiary/aromatic N) is 1. The average Bonchev–Trinajstić information content (AvgIpc) is 2.38. The first kappa shape index (κ1) is 15.8. The molecule has 2 rings (SSSR count). The second-order valence-corrected chi connectivity index (χ2v) is 7.31. The maximum atomic E-state index is 13.2. The minimum Gasteiger partial charge on any atom is -0.481 e. The van der Waals surface area contributed by atoms with Gasteiger partial charge in [0, 0.05) is 19.2 Å². The normalized spacial score (nSPS) is 19.4.